The number of carboxylic acids is 1. The zero-order valence-electron chi connectivity index (χ0n) is 12.4. The fraction of sp³-hybridized carbons (Fsp3) is 0.786. The van der Waals surface area contributed by atoms with Crippen LogP contribution in [-0.4, -0.2) is 64.5 Å². The summed E-state index contributed by atoms with van der Waals surface area (Å²) in [6.45, 7) is 2.42. The Bertz CT molecular complexity index is 420. The zero-order valence-corrected chi connectivity index (χ0v) is 12.4. The van der Waals surface area contributed by atoms with Crippen molar-refractivity contribution in [2.45, 2.75) is 51.1 Å². The molecule has 1 saturated heterocycles. The summed E-state index contributed by atoms with van der Waals surface area (Å²) in [6, 6.07) is -0.828. The first-order chi connectivity index (χ1) is 10.0. The standard InChI is InChI=1S/C14H23N3O4/c1-2-11-13(20)15-7-8-16(11)14(21)17(9-12(18)19)10-5-3-4-6-10/h10-11H,2-9H2,1H3,(H,15,20)(H,18,19). The number of hydrogen-bond acceptors (Lipinski definition) is 3. The smallest absolute Gasteiger partial charge is 0.323 e. The SMILES string of the molecule is CCC1C(=O)NCCN1C(=O)N(CC(=O)O)C1CCCC1. The molecule has 118 valence electrons. The molecule has 3 amide bonds. The highest BCUT2D eigenvalue weighted by atomic mass is 16.4. The number of rotatable bonds is 4. The van der Waals surface area contributed by atoms with E-state index in [0.717, 1.165) is 25.7 Å². The fourth-order valence-corrected chi connectivity index (χ4v) is 3.23. The van der Waals surface area contributed by atoms with Gasteiger partial charge in [-0.15, -0.1) is 0 Å². The first kappa shape index (κ1) is 15.6. The van der Waals surface area contributed by atoms with Gasteiger partial charge in [-0.3, -0.25) is 9.59 Å². The van der Waals surface area contributed by atoms with Gasteiger partial charge in [-0.2, -0.15) is 0 Å². The van der Waals surface area contributed by atoms with Gasteiger partial charge >= 0.3 is 12.0 Å². The number of aliphatic carboxylic acids is 1. The van der Waals surface area contributed by atoms with Gasteiger partial charge in [0.1, 0.15) is 12.6 Å². The second-order valence-corrected chi connectivity index (χ2v) is 5.65. The molecule has 0 aromatic rings. The van der Waals surface area contributed by atoms with Crippen LogP contribution in [0.4, 0.5) is 4.79 Å². The van der Waals surface area contributed by atoms with Crippen molar-refractivity contribution in [1.82, 2.24) is 15.1 Å². The van der Waals surface area contributed by atoms with E-state index in [-0.39, 0.29) is 24.5 Å². The molecular formula is C14H23N3O4. The molecule has 1 aliphatic carbocycles. The maximum atomic E-state index is 12.7. The highest BCUT2D eigenvalue weighted by Crippen LogP contribution is 2.25. The summed E-state index contributed by atoms with van der Waals surface area (Å²) in [7, 11) is 0. The van der Waals surface area contributed by atoms with Crippen LogP contribution in [0.5, 0.6) is 0 Å². The molecule has 0 bridgehead atoms. The highest BCUT2D eigenvalue weighted by molar-refractivity contribution is 5.89. The number of carbonyl (C=O) groups is 3. The number of nitrogens with zero attached hydrogens (tertiary/aromatic N) is 2. The lowest BCUT2D eigenvalue weighted by Crippen LogP contribution is -2.61. The van der Waals surface area contributed by atoms with E-state index in [4.69, 9.17) is 5.11 Å². The zero-order chi connectivity index (χ0) is 15.4. The predicted molar refractivity (Wildman–Crippen MR) is 75.8 cm³/mol. The first-order valence-electron chi connectivity index (χ1n) is 7.61. The Kier molecular flexibility index (Phi) is 5.03. The number of urea groups is 1. The van der Waals surface area contributed by atoms with E-state index in [9.17, 15) is 14.4 Å². The monoisotopic (exact) mass is 297 g/mol. The lowest BCUT2D eigenvalue weighted by molar-refractivity contribution is -0.138. The molecule has 0 radical (unpaired) electrons. The van der Waals surface area contributed by atoms with Crippen LogP contribution < -0.4 is 5.32 Å². The van der Waals surface area contributed by atoms with Crippen LogP contribution in [0.15, 0.2) is 0 Å². The van der Waals surface area contributed by atoms with E-state index in [1.807, 2.05) is 6.92 Å². The van der Waals surface area contributed by atoms with Crippen LogP contribution in [-0.2, 0) is 9.59 Å². The molecule has 0 aromatic carbocycles. The van der Waals surface area contributed by atoms with Crippen molar-refractivity contribution in [3.8, 4) is 0 Å². The molecule has 2 N–H and O–H groups in total. The Hall–Kier alpha value is -1.79. The lowest BCUT2D eigenvalue weighted by atomic mass is 10.1. The van der Waals surface area contributed by atoms with Gasteiger partial charge in [0.05, 0.1) is 0 Å². The molecule has 1 heterocycles. The van der Waals surface area contributed by atoms with Crippen molar-refractivity contribution >= 4 is 17.9 Å². The van der Waals surface area contributed by atoms with E-state index in [1.165, 1.54) is 9.80 Å². The van der Waals surface area contributed by atoms with Crippen molar-refractivity contribution in [3.63, 3.8) is 0 Å². The minimum atomic E-state index is -1.01. The summed E-state index contributed by atoms with van der Waals surface area (Å²) < 4.78 is 0. The van der Waals surface area contributed by atoms with E-state index in [2.05, 4.69) is 5.32 Å². The van der Waals surface area contributed by atoms with Gasteiger partial charge < -0.3 is 20.2 Å². The minimum absolute atomic E-state index is 0.0175. The van der Waals surface area contributed by atoms with Crippen LogP contribution in [0.2, 0.25) is 0 Å². The number of hydrogen-bond donors (Lipinski definition) is 2. The van der Waals surface area contributed by atoms with Crippen molar-refractivity contribution in [2.24, 2.45) is 0 Å². The number of piperazine rings is 1. The van der Waals surface area contributed by atoms with Crippen molar-refractivity contribution in [1.29, 1.82) is 0 Å². The summed E-state index contributed by atoms with van der Waals surface area (Å²) in [5.41, 5.74) is 0. The Morgan fingerprint density at radius 2 is 2.05 bits per heavy atom. The second-order valence-electron chi connectivity index (χ2n) is 5.65. The topological polar surface area (TPSA) is 90.0 Å². The molecule has 1 atom stereocenters. The van der Waals surface area contributed by atoms with Crippen LogP contribution in [0.25, 0.3) is 0 Å². The molecule has 2 fully saturated rings. The maximum absolute atomic E-state index is 12.7. The first-order valence-corrected chi connectivity index (χ1v) is 7.61. The molecule has 7 nitrogen and oxygen atoms in total. The van der Waals surface area contributed by atoms with Gasteiger partial charge in [0.15, 0.2) is 0 Å². The largest absolute Gasteiger partial charge is 0.480 e. The van der Waals surface area contributed by atoms with E-state index in [1.54, 1.807) is 0 Å². The van der Waals surface area contributed by atoms with Crippen LogP contribution in [0, 0.1) is 0 Å². The molecule has 0 spiro atoms. The van der Waals surface area contributed by atoms with Crippen LogP contribution >= 0.6 is 0 Å². The quantitative estimate of drug-likeness (QED) is 0.797. The fourth-order valence-electron chi connectivity index (χ4n) is 3.23. The molecular weight excluding hydrogens is 274 g/mol. The molecule has 21 heavy (non-hydrogen) atoms. The highest BCUT2D eigenvalue weighted by Gasteiger charge is 2.37. The molecule has 2 rings (SSSR count). The molecule has 2 aliphatic rings. The van der Waals surface area contributed by atoms with Crippen molar-refractivity contribution < 1.29 is 19.5 Å². The number of amides is 3. The van der Waals surface area contributed by atoms with Crippen LogP contribution in [0.3, 0.4) is 0 Å². The molecule has 1 aliphatic heterocycles. The summed E-state index contributed by atoms with van der Waals surface area (Å²) in [6.07, 6.45) is 4.26. The molecule has 1 saturated carbocycles. The average molecular weight is 297 g/mol. The van der Waals surface area contributed by atoms with E-state index < -0.39 is 12.0 Å². The molecule has 0 aromatic heterocycles. The summed E-state index contributed by atoms with van der Waals surface area (Å²) in [4.78, 5) is 38.7. The Morgan fingerprint density at radius 3 is 2.62 bits per heavy atom. The van der Waals surface area contributed by atoms with E-state index in [0.29, 0.717) is 19.5 Å². The Morgan fingerprint density at radius 1 is 1.38 bits per heavy atom. The van der Waals surface area contributed by atoms with Crippen molar-refractivity contribution in [2.75, 3.05) is 19.6 Å². The second kappa shape index (κ2) is 6.78. The third-order valence-electron chi connectivity index (χ3n) is 4.28. The van der Waals surface area contributed by atoms with Crippen molar-refractivity contribution in [3.05, 3.63) is 0 Å². The Labute approximate surface area is 124 Å². The predicted octanol–water partition coefficient (Wildman–Crippen LogP) is 0.646. The summed E-state index contributed by atoms with van der Waals surface area (Å²) >= 11 is 0. The average Bonchev–Trinajstić information content (AvgIpc) is 2.97. The van der Waals surface area contributed by atoms with Crippen LogP contribution in [0.1, 0.15) is 39.0 Å². The number of nitrogens with one attached hydrogen (secondary N) is 1. The summed E-state index contributed by atoms with van der Waals surface area (Å²) in [5, 5.41) is 11.8. The van der Waals surface area contributed by atoms with Gasteiger partial charge in [-0.05, 0) is 19.3 Å². The third kappa shape index (κ3) is 3.46. The van der Waals surface area contributed by atoms with E-state index >= 15 is 0 Å². The van der Waals surface area contributed by atoms with Gasteiger partial charge in [-0.1, -0.05) is 19.8 Å². The number of carbonyl (C=O) groups excluding carboxylic acids is 2. The van der Waals surface area contributed by atoms with Gasteiger partial charge in [0.2, 0.25) is 5.91 Å². The Balaban J connectivity index is 2.15. The third-order valence-corrected chi connectivity index (χ3v) is 4.28. The molecule has 1 unspecified atom stereocenters. The lowest BCUT2D eigenvalue weighted by Gasteiger charge is -2.39. The minimum Gasteiger partial charge on any atom is -0.480 e. The van der Waals surface area contributed by atoms with Gasteiger partial charge in [0, 0.05) is 19.1 Å². The number of carboxylic acid groups (broad SMARTS) is 1. The summed E-state index contributed by atoms with van der Waals surface area (Å²) in [5.74, 6) is -1.16. The maximum Gasteiger partial charge on any atom is 0.323 e. The van der Waals surface area contributed by atoms with Gasteiger partial charge in [0.25, 0.3) is 0 Å². The normalized spacial score (nSPS) is 23.0. The van der Waals surface area contributed by atoms with Gasteiger partial charge in [-0.25, -0.2) is 4.79 Å². The molecule has 7 heteroatoms.